The lowest BCUT2D eigenvalue weighted by molar-refractivity contribution is 0.110. The zero-order chi connectivity index (χ0) is 11.5. The summed E-state index contributed by atoms with van der Waals surface area (Å²) in [7, 11) is 1.55. The van der Waals surface area contributed by atoms with Gasteiger partial charge in [-0.25, -0.2) is 0 Å². The molecule has 2 aromatic rings. The van der Waals surface area contributed by atoms with E-state index in [0.717, 1.165) is 11.1 Å². The first-order valence-electron chi connectivity index (χ1n) is 4.63. The van der Waals surface area contributed by atoms with E-state index >= 15 is 0 Å². The number of carbonyl (C=O) groups excluding carboxylic acids is 1. The Balaban J connectivity index is 2.49. The number of carbonyl (C=O) groups is 1. The molecule has 0 saturated heterocycles. The first-order chi connectivity index (χ1) is 7.76. The highest BCUT2D eigenvalue weighted by molar-refractivity contribution is 6.32. The fourth-order valence-corrected chi connectivity index (χ4v) is 1.74. The summed E-state index contributed by atoms with van der Waals surface area (Å²) >= 11 is 6.00. The van der Waals surface area contributed by atoms with E-state index < -0.39 is 0 Å². The number of furan rings is 1. The summed E-state index contributed by atoms with van der Waals surface area (Å²) in [5.74, 6) is 0.891. The van der Waals surface area contributed by atoms with Gasteiger partial charge in [-0.1, -0.05) is 17.7 Å². The van der Waals surface area contributed by atoms with E-state index in [9.17, 15) is 4.79 Å². The lowest BCUT2D eigenvalue weighted by Gasteiger charge is -2.04. The van der Waals surface area contributed by atoms with Crippen LogP contribution in [0.25, 0.3) is 11.1 Å². The molecule has 0 amide bonds. The summed E-state index contributed by atoms with van der Waals surface area (Å²) in [4.78, 5) is 10.7. The van der Waals surface area contributed by atoms with Crippen molar-refractivity contribution in [3.05, 3.63) is 41.3 Å². The highest BCUT2D eigenvalue weighted by Crippen LogP contribution is 2.31. The predicted octanol–water partition coefficient (Wildman–Crippen LogP) is 3.42. The number of halogens is 1. The third-order valence-corrected chi connectivity index (χ3v) is 2.56. The van der Waals surface area contributed by atoms with Crippen molar-refractivity contribution in [2.75, 3.05) is 7.11 Å². The van der Waals surface area contributed by atoms with Gasteiger partial charge in [-0.15, -0.1) is 0 Å². The van der Waals surface area contributed by atoms with Crippen molar-refractivity contribution in [2.24, 2.45) is 0 Å². The smallest absolute Gasteiger partial charge is 0.185 e. The van der Waals surface area contributed by atoms with Gasteiger partial charge in [-0.05, 0) is 23.8 Å². The monoisotopic (exact) mass is 236 g/mol. The van der Waals surface area contributed by atoms with Crippen LogP contribution in [0.15, 0.2) is 34.9 Å². The SMILES string of the molecule is COc1ccc(-c2ccoc2C=O)cc1Cl. The molecule has 0 N–H and O–H groups in total. The Morgan fingerprint density at radius 2 is 2.19 bits per heavy atom. The molecular formula is C12H9ClO3. The second kappa shape index (κ2) is 4.41. The van der Waals surface area contributed by atoms with Crippen LogP contribution in [0.3, 0.4) is 0 Å². The molecule has 0 unspecified atom stereocenters. The molecular weight excluding hydrogens is 228 g/mol. The number of hydrogen-bond acceptors (Lipinski definition) is 3. The highest BCUT2D eigenvalue weighted by atomic mass is 35.5. The molecule has 1 aromatic heterocycles. The standard InChI is InChI=1S/C12H9ClO3/c1-15-11-3-2-8(6-10(11)13)9-4-5-16-12(9)7-14/h2-7H,1H3. The van der Waals surface area contributed by atoms with Crippen molar-refractivity contribution in [2.45, 2.75) is 0 Å². The van der Waals surface area contributed by atoms with Crippen molar-refractivity contribution in [3.63, 3.8) is 0 Å². The fourth-order valence-electron chi connectivity index (χ4n) is 1.48. The maximum absolute atomic E-state index is 10.7. The number of aldehydes is 1. The van der Waals surface area contributed by atoms with Crippen molar-refractivity contribution in [1.29, 1.82) is 0 Å². The minimum absolute atomic E-state index is 0.293. The number of ether oxygens (including phenoxy) is 1. The molecule has 2 rings (SSSR count). The molecule has 0 aliphatic carbocycles. The average Bonchev–Trinajstić information content (AvgIpc) is 2.77. The van der Waals surface area contributed by atoms with Gasteiger partial charge in [-0.2, -0.15) is 0 Å². The molecule has 0 aliphatic rings. The molecule has 0 spiro atoms. The first kappa shape index (κ1) is 10.8. The third kappa shape index (κ3) is 1.82. The number of hydrogen-bond donors (Lipinski definition) is 0. The van der Waals surface area contributed by atoms with Gasteiger partial charge >= 0.3 is 0 Å². The maximum atomic E-state index is 10.7. The minimum Gasteiger partial charge on any atom is -0.495 e. The van der Waals surface area contributed by atoms with Gasteiger partial charge in [0.15, 0.2) is 12.0 Å². The molecule has 1 heterocycles. The first-order valence-corrected chi connectivity index (χ1v) is 5.00. The zero-order valence-electron chi connectivity index (χ0n) is 8.57. The minimum atomic E-state index is 0.293. The Hall–Kier alpha value is -1.74. The largest absolute Gasteiger partial charge is 0.495 e. The Morgan fingerprint density at radius 1 is 1.38 bits per heavy atom. The Kier molecular flexibility index (Phi) is 2.97. The fraction of sp³-hybridized carbons (Fsp3) is 0.0833. The normalized spacial score (nSPS) is 10.1. The summed E-state index contributed by atoms with van der Waals surface area (Å²) in [5.41, 5.74) is 1.54. The molecule has 0 fully saturated rings. The van der Waals surface area contributed by atoms with Crippen molar-refractivity contribution >= 4 is 17.9 Å². The van der Waals surface area contributed by atoms with Crippen LogP contribution < -0.4 is 4.74 Å². The summed E-state index contributed by atoms with van der Waals surface area (Å²) in [5, 5.41) is 0.498. The van der Waals surface area contributed by atoms with Gasteiger partial charge in [0.25, 0.3) is 0 Å². The summed E-state index contributed by atoms with van der Waals surface area (Å²) < 4.78 is 10.1. The van der Waals surface area contributed by atoms with Gasteiger partial charge in [0.05, 0.1) is 18.4 Å². The number of benzene rings is 1. The molecule has 16 heavy (non-hydrogen) atoms. The lowest BCUT2D eigenvalue weighted by atomic mass is 10.1. The topological polar surface area (TPSA) is 39.4 Å². The third-order valence-electron chi connectivity index (χ3n) is 2.27. The van der Waals surface area contributed by atoms with E-state index in [1.54, 1.807) is 25.3 Å². The van der Waals surface area contributed by atoms with Crippen LogP contribution in [0.2, 0.25) is 5.02 Å². The molecule has 4 heteroatoms. The Morgan fingerprint density at radius 3 is 2.81 bits per heavy atom. The van der Waals surface area contributed by atoms with Crippen LogP contribution in [0.4, 0.5) is 0 Å². The number of methoxy groups -OCH3 is 1. The second-order valence-corrected chi connectivity index (χ2v) is 3.57. The van der Waals surface area contributed by atoms with Crippen LogP contribution in [0.5, 0.6) is 5.75 Å². The predicted molar refractivity (Wildman–Crippen MR) is 61.1 cm³/mol. The quantitative estimate of drug-likeness (QED) is 0.767. The molecule has 0 bridgehead atoms. The van der Waals surface area contributed by atoms with Gasteiger partial charge in [0, 0.05) is 5.56 Å². The van der Waals surface area contributed by atoms with Gasteiger partial charge in [-0.3, -0.25) is 4.79 Å². The lowest BCUT2D eigenvalue weighted by Crippen LogP contribution is -1.86. The van der Waals surface area contributed by atoms with E-state index in [1.807, 2.05) is 6.07 Å². The van der Waals surface area contributed by atoms with Crippen LogP contribution in [0.1, 0.15) is 10.6 Å². The van der Waals surface area contributed by atoms with Crippen LogP contribution in [-0.2, 0) is 0 Å². The molecule has 0 aliphatic heterocycles. The van der Waals surface area contributed by atoms with Crippen LogP contribution in [-0.4, -0.2) is 13.4 Å². The van der Waals surface area contributed by atoms with Crippen molar-refractivity contribution in [3.8, 4) is 16.9 Å². The van der Waals surface area contributed by atoms with E-state index in [4.69, 9.17) is 20.8 Å². The maximum Gasteiger partial charge on any atom is 0.185 e. The van der Waals surface area contributed by atoms with Gasteiger partial charge in [0.2, 0.25) is 0 Å². The summed E-state index contributed by atoms with van der Waals surface area (Å²) in [6, 6.07) is 7.03. The molecule has 0 radical (unpaired) electrons. The van der Waals surface area contributed by atoms with E-state index in [0.29, 0.717) is 22.8 Å². The van der Waals surface area contributed by atoms with Crippen molar-refractivity contribution in [1.82, 2.24) is 0 Å². The molecule has 0 atom stereocenters. The zero-order valence-corrected chi connectivity index (χ0v) is 9.32. The highest BCUT2D eigenvalue weighted by Gasteiger charge is 2.09. The van der Waals surface area contributed by atoms with Gasteiger partial charge < -0.3 is 9.15 Å². The van der Waals surface area contributed by atoms with Crippen LogP contribution in [0, 0.1) is 0 Å². The van der Waals surface area contributed by atoms with Crippen LogP contribution >= 0.6 is 11.6 Å². The molecule has 3 nitrogen and oxygen atoms in total. The Bertz CT molecular complexity index is 517. The molecule has 0 saturated carbocycles. The van der Waals surface area contributed by atoms with E-state index in [2.05, 4.69) is 0 Å². The Labute approximate surface area is 97.6 Å². The summed E-state index contributed by atoms with van der Waals surface area (Å²) in [6.45, 7) is 0. The number of rotatable bonds is 3. The van der Waals surface area contributed by atoms with E-state index in [-0.39, 0.29) is 0 Å². The summed E-state index contributed by atoms with van der Waals surface area (Å²) in [6.07, 6.45) is 2.14. The molecule has 82 valence electrons. The average molecular weight is 237 g/mol. The second-order valence-electron chi connectivity index (χ2n) is 3.17. The van der Waals surface area contributed by atoms with Crippen molar-refractivity contribution < 1.29 is 13.9 Å². The van der Waals surface area contributed by atoms with E-state index in [1.165, 1.54) is 6.26 Å². The molecule has 1 aromatic carbocycles. The van der Waals surface area contributed by atoms with Gasteiger partial charge in [0.1, 0.15) is 5.75 Å².